The van der Waals surface area contributed by atoms with Gasteiger partial charge in [0.1, 0.15) is 12.4 Å². The minimum Gasteiger partial charge on any atom is -0.487 e. The van der Waals surface area contributed by atoms with Gasteiger partial charge in [-0.1, -0.05) is 30.3 Å². The zero-order valence-electron chi connectivity index (χ0n) is 10.7. The number of rotatable bonds is 5. The second-order valence-corrected chi connectivity index (χ2v) is 5.01. The standard InChI is InChI=1S/C16H17NO2/c18-10-14-7-16(14)13-6-15(9-17-8-13)19-11-12-4-2-1-3-5-12/h1-6,8-9,14,16,18H,7,10-11H2/t14?,16-/m0/s1. The summed E-state index contributed by atoms with van der Waals surface area (Å²) in [6.45, 7) is 0.819. The molecule has 0 amide bonds. The molecule has 1 aromatic heterocycles. The van der Waals surface area contributed by atoms with E-state index in [0.29, 0.717) is 18.4 Å². The molecule has 1 aliphatic carbocycles. The fraction of sp³-hybridized carbons (Fsp3) is 0.312. The quantitative estimate of drug-likeness (QED) is 0.893. The van der Waals surface area contributed by atoms with E-state index in [1.54, 1.807) is 6.20 Å². The number of aliphatic hydroxyl groups excluding tert-OH is 1. The molecule has 19 heavy (non-hydrogen) atoms. The molecule has 1 heterocycles. The van der Waals surface area contributed by atoms with E-state index < -0.39 is 0 Å². The molecule has 2 aromatic rings. The summed E-state index contributed by atoms with van der Waals surface area (Å²) in [5.74, 6) is 1.66. The molecule has 3 nitrogen and oxygen atoms in total. The molecule has 0 spiro atoms. The summed E-state index contributed by atoms with van der Waals surface area (Å²) >= 11 is 0. The smallest absolute Gasteiger partial charge is 0.138 e. The van der Waals surface area contributed by atoms with Crippen LogP contribution in [0.25, 0.3) is 0 Å². The molecule has 2 atom stereocenters. The maximum absolute atomic E-state index is 9.11. The van der Waals surface area contributed by atoms with E-state index in [9.17, 15) is 0 Å². The summed E-state index contributed by atoms with van der Waals surface area (Å²) in [5, 5.41) is 9.11. The van der Waals surface area contributed by atoms with Crippen molar-refractivity contribution in [2.24, 2.45) is 5.92 Å². The van der Waals surface area contributed by atoms with Gasteiger partial charge in [-0.25, -0.2) is 0 Å². The van der Waals surface area contributed by atoms with Gasteiger partial charge in [0.05, 0.1) is 6.20 Å². The highest BCUT2D eigenvalue weighted by molar-refractivity contribution is 5.30. The van der Waals surface area contributed by atoms with E-state index >= 15 is 0 Å². The summed E-state index contributed by atoms with van der Waals surface area (Å²) in [6, 6.07) is 12.1. The molecule has 1 fully saturated rings. The number of nitrogens with zero attached hydrogens (tertiary/aromatic N) is 1. The molecule has 0 bridgehead atoms. The van der Waals surface area contributed by atoms with Crippen molar-refractivity contribution in [1.82, 2.24) is 4.98 Å². The molecule has 1 saturated carbocycles. The largest absolute Gasteiger partial charge is 0.487 e. The van der Waals surface area contributed by atoms with Crippen LogP contribution in [0.2, 0.25) is 0 Å². The normalized spacial score (nSPS) is 21.1. The monoisotopic (exact) mass is 255 g/mol. The Kier molecular flexibility index (Phi) is 3.47. The van der Waals surface area contributed by atoms with Crippen LogP contribution in [-0.4, -0.2) is 16.7 Å². The van der Waals surface area contributed by atoms with Crippen molar-refractivity contribution in [2.45, 2.75) is 18.9 Å². The van der Waals surface area contributed by atoms with Crippen LogP contribution in [0.1, 0.15) is 23.5 Å². The topological polar surface area (TPSA) is 42.4 Å². The van der Waals surface area contributed by atoms with Crippen molar-refractivity contribution in [2.75, 3.05) is 6.61 Å². The molecule has 1 aliphatic rings. The Balaban J connectivity index is 1.64. The van der Waals surface area contributed by atoms with Crippen molar-refractivity contribution in [3.63, 3.8) is 0 Å². The lowest BCUT2D eigenvalue weighted by Crippen LogP contribution is -1.97. The van der Waals surface area contributed by atoms with Crippen molar-refractivity contribution < 1.29 is 9.84 Å². The highest BCUT2D eigenvalue weighted by Gasteiger charge is 2.37. The Bertz CT molecular complexity index is 541. The first-order valence-electron chi connectivity index (χ1n) is 6.59. The summed E-state index contributed by atoms with van der Waals surface area (Å²) in [6.07, 6.45) is 4.67. The van der Waals surface area contributed by atoms with Crippen molar-refractivity contribution in [3.05, 3.63) is 59.9 Å². The molecule has 1 N–H and O–H groups in total. The number of pyridine rings is 1. The summed E-state index contributed by atoms with van der Waals surface area (Å²) in [5.41, 5.74) is 2.32. The van der Waals surface area contributed by atoms with Gasteiger partial charge in [-0.15, -0.1) is 0 Å². The average molecular weight is 255 g/mol. The first-order valence-corrected chi connectivity index (χ1v) is 6.59. The Morgan fingerprint density at radius 3 is 2.79 bits per heavy atom. The van der Waals surface area contributed by atoms with Crippen molar-refractivity contribution in [1.29, 1.82) is 0 Å². The fourth-order valence-corrected chi connectivity index (χ4v) is 2.32. The highest BCUT2D eigenvalue weighted by atomic mass is 16.5. The van der Waals surface area contributed by atoms with Crippen molar-refractivity contribution >= 4 is 0 Å². The number of aliphatic hydroxyl groups is 1. The van der Waals surface area contributed by atoms with Crippen LogP contribution in [0.4, 0.5) is 0 Å². The number of hydrogen-bond acceptors (Lipinski definition) is 3. The Morgan fingerprint density at radius 1 is 1.21 bits per heavy atom. The second-order valence-electron chi connectivity index (χ2n) is 5.01. The third-order valence-electron chi connectivity index (χ3n) is 3.57. The molecule has 98 valence electrons. The SMILES string of the molecule is OCC1C[C@H]1c1cncc(OCc2ccccc2)c1. The molecule has 1 unspecified atom stereocenters. The van der Waals surface area contributed by atoms with Crippen LogP contribution in [0, 0.1) is 5.92 Å². The highest BCUT2D eigenvalue weighted by Crippen LogP contribution is 2.47. The molecular formula is C16H17NO2. The second kappa shape index (κ2) is 5.41. The van der Waals surface area contributed by atoms with Gasteiger partial charge in [-0.05, 0) is 35.4 Å². The predicted molar refractivity (Wildman–Crippen MR) is 72.9 cm³/mol. The number of ether oxygens (including phenoxy) is 1. The van der Waals surface area contributed by atoms with Crippen LogP contribution < -0.4 is 4.74 Å². The van der Waals surface area contributed by atoms with E-state index in [4.69, 9.17) is 9.84 Å². The Labute approximate surface area is 112 Å². The minimum absolute atomic E-state index is 0.264. The Hall–Kier alpha value is -1.87. The predicted octanol–water partition coefficient (Wildman–Crippen LogP) is 2.76. The van der Waals surface area contributed by atoms with Crippen molar-refractivity contribution in [3.8, 4) is 5.75 Å². The zero-order valence-corrected chi connectivity index (χ0v) is 10.7. The van der Waals surface area contributed by atoms with Gasteiger partial charge >= 0.3 is 0 Å². The molecule has 3 heteroatoms. The third kappa shape index (κ3) is 2.93. The molecule has 1 aromatic carbocycles. The van der Waals surface area contributed by atoms with Gasteiger partial charge in [0.2, 0.25) is 0 Å². The van der Waals surface area contributed by atoms with E-state index in [-0.39, 0.29) is 6.61 Å². The first-order chi connectivity index (χ1) is 9.36. The van der Waals surface area contributed by atoms with Gasteiger partial charge in [0, 0.05) is 12.8 Å². The van der Waals surface area contributed by atoms with E-state index in [1.165, 1.54) is 5.56 Å². The summed E-state index contributed by atoms with van der Waals surface area (Å²) in [4.78, 5) is 4.22. The summed E-state index contributed by atoms with van der Waals surface area (Å²) < 4.78 is 5.75. The van der Waals surface area contributed by atoms with E-state index in [1.807, 2.05) is 42.6 Å². The van der Waals surface area contributed by atoms with Gasteiger partial charge in [-0.2, -0.15) is 0 Å². The van der Waals surface area contributed by atoms with Gasteiger partial charge in [-0.3, -0.25) is 4.98 Å². The van der Waals surface area contributed by atoms with Crippen LogP contribution in [0.15, 0.2) is 48.8 Å². The molecule has 0 radical (unpaired) electrons. The summed E-state index contributed by atoms with van der Waals surface area (Å²) in [7, 11) is 0. The molecule has 0 saturated heterocycles. The van der Waals surface area contributed by atoms with E-state index in [0.717, 1.165) is 17.7 Å². The van der Waals surface area contributed by atoms with E-state index in [2.05, 4.69) is 4.98 Å². The number of benzene rings is 1. The maximum Gasteiger partial charge on any atom is 0.138 e. The first kappa shape index (κ1) is 12.2. The van der Waals surface area contributed by atoms with Gasteiger partial charge in [0.15, 0.2) is 0 Å². The zero-order chi connectivity index (χ0) is 13.1. The maximum atomic E-state index is 9.11. The van der Waals surface area contributed by atoms with Crippen LogP contribution in [-0.2, 0) is 6.61 Å². The van der Waals surface area contributed by atoms with Gasteiger partial charge in [0.25, 0.3) is 0 Å². The lowest BCUT2D eigenvalue weighted by molar-refractivity contribution is 0.273. The number of hydrogen-bond donors (Lipinski definition) is 1. The Morgan fingerprint density at radius 2 is 2.05 bits per heavy atom. The van der Waals surface area contributed by atoms with Crippen LogP contribution >= 0.6 is 0 Å². The average Bonchev–Trinajstić information content (AvgIpc) is 3.26. The van der Waals surface area contributed by atoms with Crippen LogP contribution in [0.3, 0.4) is 0 Å². The molecule has 0 aliphatic heterocycles. The fourth-order valence-electron chi connectivity index (χ4n) is 2.32. The van der Waals surface area contributed by atoms with Crippen LogP contribution in [0.5, 0.6) is 5.75 Å². The molecular weight excluding hydrogens is 238 g/mol. The minimum atomic E-state index is 0.264. The lowest BCUT2D eigenvalue weighted by Gasteiger charge is -2.07. The lowest BCUT2D eigenvalue weighted by atomic mass is 10.1. The number of aromatic nitrogens is 1. The third-order valence-corrected chi connectivity index (χ3v) is 3.57. The van der Waals surface area contributed by atoms with Gasteiger partial charge < -0.3 is 9.84 Å². The molecule has 3 rings (SSSR count).